The first-order chi connectivity index (χ1) is 10.7. The molecular weight excluding hydrogens is 338 g/mol. The molecule has 0 N–H and O–H groups in total. The van der Waals surface area contributed by atoms with Gasteiger partial charge in [0.15, 0.2) is 0 Å². The van der Waals surface area contributed by atoms with Gasteiger partial charge in [0.1, 0.15) is 0 Å². The molecule has 0 fully saturated rings. The summed E-state index contributed by atoms with van der Waals surface area (Å²) in [5, 5.41) is 11.4. The molecule has 0 aliphatic rings. The van der Waals surface area contributed by atoms with Gasteiger partial charge in [-0.25, -0.2) is 8.42 Å². The van der Waals surface area contributed by atoms with Gasteiger partial charge in [-0.1, -0.05) is 35.4 Å². The number of benzene rings is 2. The van der Waals surface area contributed by atoms with Crippen LogP contribution in [0.25, 0.3) is 0 Å². The fourth-order valence-corrected chi connectivity index (χ4v) is 3.74. The molecule has 0 atom stereocenters. The molecule has 0 saturated heterocycles. The zero-order valence-electron chi connectivity index (χ0n) is 12.6. The molecule has 0 aliphatic carbocycles. The molecule has 0 bridgehead atoms. The number of carboxylic acids is 1. The van der Waals surface area contributed by atoms with Gasteiger partial charge in [-0.3, -0.25) is 4.31 Å². The minimum Gasteiger partial charge on any atom is -0.548 e. The number of hydrogen-bond donors (Lipinski definition) is 0. The van der Waals surface area contributed by atoms with Crippen LogP contribution in [0.2, 0.25) is 5.02 Å². The van der Waals surface area contributed by atoms with E-state index < -0.39 is 22.5 Å². The summed E-state index contributed by atoms with van der Waals surface area (Å²) in [6.07, 6.45) is 0. The van der Waals surface area contributed by atoms with Crippen LogP contribution in [0.15, 0.2) is 47.4 Å². The lowest BCUT2D eigenvalue weighted by atomic mass is 10.2. The number of hydrogen-bond acceptors (Lipinski definition) is 4. The van der Waals surface area contributed by atoms with E-state index in [1.807, 2.05) is 6.92 Å². The molecule has 0 unspecified atom stereocenters. The Kier molecular flexibility index (Phi) is 4.97. The molecule has 0 heterocycles. The van der Waals surface area contributed by atoms with Crippen molar-refractivity contribution >= 4 is 33.3 Å². The van der Waals surface area contributed by atoms with Crippen molar-refractivity contribution in [3.8, 4) is 0 Å². The van der Waals surface area contributed by atoms with Gasteiger partial charge in [0.05, 0.1) is 23.1 Å². The number of carbonyl (C=O) groups excluding carboxylic acids is 1. The summed E-state index contributed by atoms with van der Waals surface area (Å²) in [5.41, 5.74) is 1.70. The van der Waals surface area contributed by atoms with Crippen LogP contribution in [0.1, 0.15) is 11.1 Å². The molecule has 0 saturated carbocycles. The van der Waals surface area contributed by atoms with Crippen LogP contribution in [-0.2, 0) is 14.8 Å². The third-order valence-electron chi connectivity index (χ3n) is 3.32. The van der Waals surface area contributed by atoms with Crippen LogP contribution in [-0.4, -0.2) is 20.9 Å². The molecule has 0 aromatic heterocycles. The van der Waals surface area contributed by atoms with Gasteiger partial charge >= 0.3 is 0 Å². The summed E-state index contributed by atoms with van der Waals surface area (Å²) >= 11 is 5.93. The van der Waals surface area contributed by atoms with Crippen molar-refractivity contribution in [1.82, 2.24) is 0 Å². The van der Waals surface area contributed by atoms with Crippen molar-refractivity contribution in [3.05, 3.63) is 58.6 Å². The maximum atomic E-state index is 12.8. The summed E-state index contributed by atoms with van der Waals surface area (Å²) in [5.74, 6) is -1.50. The second-order valence-electron chi connectivity index (χ2n) is 5.13. The predicted molar refractivity (Wildman–Crippen MR) is 86.9 cm³/mol. The van der Waals surface area contributed by atoms with Crippen LogP contribution >= 0.6 is 11.6 Å². The smallest absolute Gasteiger partial charge is 0.264 e. The lowest BCUT2D eigenvalue weighted by molar-refractivity contribution is -0.303. The van der Waals surface area contributed by atoms with E-state index in [1.54, 1.807) is 31.2 Å². The lowest BCUT2D eigenvalue weighted by Crippen LogP contribution is -2.42. The summed E-state index contributed by atoms with van der Waals surface area (Å²) in [7, 11) is -4.05. The molecule has 5 nitrogen and oxygen atoms in total. The van der Waals surface area contributed by atoms with Gasteiger partial charge < -0.3 is 9.90 Å². The Balaban J connectivity index is 2.60. The fourth-order valence-electron chi connectivity index (χ4n) is 2.11. The molecule has 0 amide bonds. The minimum atomic E-state index is -4.05. The zero-order chi connectivity index (χ0) is 17.2. The third kappa shape index (κ3) is 3.83. The maximum Gasteiger partial charge on any atom is 0.264 e. The van der Waals surface area contributed by atoms with Crippen LogP contribution in [0, 0.1) is 13.8 Å². The summed E-state index contributed by atoms with van der Waals surface area (Å²) in [6, 6.07) is 10.8. The molecule has 2 aromatic carbocycles. The highest BCUT2D eigenvalue weighted by atomic mass is 35.5. The van der Waals surface area contributed by atoms with Gasteiger partial charge in [-0.05, 0) is 43.7 Å². The molecule has 122 valence electrons. The molecular formula is C16H15ClNO4S-. The number of carboxylic acid groups (broad SMARTS) is 1. The van der Waals surface area contributed by atoms with E-state index in [0.717, 1.165) is 9.87 Å². The summed E-state index contributed by atoms with van der Waals surface area (Å²) in [4.78, 5) is 11.1. The summed E-state index contributed by atoms with van der Waals surface area (Å²) in [6.45, 7) is 2.71. The van der Waals surface area contributed by atoms with Gasteiger partial charge in [0.2, 0.25) is 0 Å². The summed E-state index contributed by atoms with van der Waals surface area (Å²) < 4.78 is 26.5. The van der Waals surface area contributed by atoms with Crippen molar-refractivity contribution in [1.29, 1.82) is 0 Å². The average molecular weight is 353 g/mol. The lowest BCUT2D eigenvalue weighted by Gasteiger charge is -2.26. The first kappa shape index (κ1) is 17.3. The predicted octanol–water partition coefficient (Wildman–Crippen LogP) is 1.90. The van der Waals surface area contributed by atoms with Crippen LogP contribution in [0.5, 0.6) is 0 Å². The number of sulfonamides is 1. The first-order valence-corrected chi connectivity index (χ1v) is 8.59. The standard InChI is InChI=1S/C16H16ClNO4S/c1-11-3-7-14(8-4-11)23(21,22)18(10-16(19)20)15-9-13(17)6-5-12(15)2/h3-9H,10H2,1-2H3,(H,19,20)/p-1. The van der Waals surface area contributed by atoms with E-state index in [1.165, 1.54) is 18.2 Å². The Hall–Kier alpha value is -2.05. The van der Waals surface area contributed by atoms with E-state index >= 15 is 0 Å². The average Bonchev–Trinajstić information content (AvgIpc) is 2.47. The van der Waals surface area contributed by atoms with Crippen molar-refractivity contribution < 1.29 is 18.3 Å². The first-order valence-electron chi connectivity index (χ1n) is 6.77. The molecule has 0 aliphatic heterocycles. The van der Waals surface area contributed by atoms with E-state index in [4.69, 9.17) is 11.6 Å². The minimum absolute atomic E-state index is 0.00345. The number of carbonyl (C=O) groups is 1. The number of halogens is 1. The van der Waals surface area contributed by atoms with Crippen LogP contribution < -0.4 is 9.41 Å². The Labute approximate surface area is 140 Å². The van der Waals surface area contributed by atoms with Gasteiger partial charge in [0, 0.05) is 5.02 Å². The zero-order valence-corrected chi connectivity index (χ0v) is 14.2. The SMILES string of the molecule is Cc1ccc(S(=O)(=O)N(CC(=O)[O-])c2cc(Cl)ccc2C)cc1. The van der Waals surface area contributed by atoms with Gasteiger partial charge in [-0.2, -0.15) is 0 Å². The Morgan fingerprint density at radius 1 is 1.13 bits per heavy atom. The topological polar surface area (TPSA) is 77.5 Å². The highest BCUT2D eigenvalue weighted by Gasteiger charge is 2.26. The van der Waals surface area contributed by atoms with Crippen molar-refractivity contribution in [2.45, 2.75) is 18.7 Å². The van der Waals surface area contributed by atoms with E-state index in [9.17, 15) is 18.3 Å². The highest BCUT2D eigenvalue weighted by molar-refractivity contribution is 7.92. The van der Waals surface area contributed by atoms with Gasteiger partial charge in [-0.15, -0.1) is 0 Å². The van der Waals surface area contributed by atoms with Crippen molar-refractivity contribution in [2.75, 3.05) is 10.8 Å². The second kappa shape index (κ2) is 6.60. The fraction of sp³-hybridized carbons (Fsp3) is 0.188. The maximum absolute atomic E-state index is 12.8. The molecule has 23 heavy (non-hydrogen) atoms. The van der Waals surface area contributed by atoms with E-state index in [0.29, 0.717) is 10.6 Å². The normalized spacial score (nSPS) is 11.3. The van der Waals surface area contributed by atoms with E-state index in [-0.39, 0.29) is 10.6 Å². The molecule has 2 aromatic rings. The molecule has 0 radical (unpaired) electrons. The van der Waals surface area contributed by atoms with Gasteiger partial charge in [0.25, 0.3) is 10.0 Å². The molecule has 0 spiro atoms. The van der Waals surface area contributed by atoms with Crippen LogP contribution in [0.4, 0.5) is 5.69 Å². The molecule has 2 rings (SSSR count). The highest BCUT2D eigenvalue weighted by Crippen LogP contribution is 2.29. The monoisotopic (exact) mass is 352 g/mol. The number of aryl methyl sites for hydroxylation is 2. The Morgan fingerprint density at radius 3 is 2.30 bits per heavy atom. The number of aliphatic carboxylic acids is 1. The number of nitrogens with zero attached hydrogens (tertiary/aromatic N) is 1. The Bertz CT molecular complexity index is 832. The van der Waals surface area contributed by atoms with E-state index in [2.05, 4.69) is 0 Å². The molecule has 7 heteroatoms. The Morgan fingerprint density at radius 2 is 1.74 bits per heavy atom. The quantitative estimate of drug-likeness (QED) is 0.823. The van der Waals surface area contributed by atoms with Crippen molar-refractivity contribution in [3.63, 3.8) is 0 Å². The number of rotatable bonds is 5. The number of anilines is 1. The van der Waals surface area contributed by atoms with Crippen molar-refractivity contribution in [2.24, 2.45) is 0 Å². The second-order valence-corrected chi connectivity index (χ2v) is 7.43. The van der Waals surface area contributed by atoms with Crippen LogP contribution in [0.3, 0.4) is 0 Å². The largest absolute Gasteiger partial charge is 0.548 e. The third-order valence-corrected chi connectivity index (χ3v) is 5.33.